The van der Waals surface area contributed by atoms with Gasteiger partial charge in [-0.3, -0.25) is 4.79 Å². The van der Waals surface area contributed by atoms with Crippen LogP contribution in [0.25, 0.3) is 22.6 Å². The van der Waals surface area contributed by atoms with Crippen molar-refractivity contribution < 1.29 is 9.18 Å². The first-order chi connectivity index (χ1) is 10.2. The number of halogens is 1. The highest BCUT2D eigenvalue weighted by Crippen LogP contribution is 2.32. The van der Waals surface area contributed by atoms with E-state index in [2.05, 4.69) is 15.3 Å². The second-order valence-corrected chi connectivity index (χ2v) is 4.85. The molecule has 3 heterocycles. The second kappa shape index (κ2) is 4.28. The van der Waals surface area contributed by atoms with Crippen LogP contribution in [0.3, 0.4) is 0 Å². The molecule has 2 aromatic heterocycles. The van der Waals surface area contributed by atoms with E-state index in [0.29, 0.717) is 16.9 Å². The number of amides is 1. The number of aromatic nitrogens is 2. The Hall–Kier alpha value is -2.95. The maximum atomic E-state index is 13.2. The number of carbonyl (C=O) groups is 1. The maximum absolute atomic E-state index is 13.2. The zero-order valence-electron chi connectivity index (χ0n) is 10.9. The number of nitrogens with zero attached hydrogens (tertiary/aromatic N) is 1. The molecule has 3 aromatic rings. The van der Waals surface area contributed by atoms with Gasteiger partial charge in [-0.25, -0.2) is 9.37 Å². The summed E-state index contributed by atoms with van der Waals surface area (Å²) in [7, 11) is 0. The zero-order valence-corrected chi connectivity index (χ0v) is 10.9. The minimum absolute atomic E-state index is 0.180. The van der Waals surface area contributed by atoms with Crippen molar-refractivity contribution in [1.29, 1.82) is 0 Å². The lowest BCUT2D eigenvalue weighted by Crippen LogP contribution is -2.04. The Balaban J connectivity index is 1.89. The maximum Gasteiger partial charge on any atom is 0.257 e. The average Bonchev–Trinajstić information content (AvgIpc) is 3.01. The molecule has 1 aliphatic rings. The number of benzene rings is 1. The SMILES string of the molecule is O=C1Nc2ncccc2/C1=C/c1c[nH]c2cc(F)ccc12. The second-order valence-electron chi connectivity index (χ2n) is 4.85. The molecule has 1 aliphatic heterocycles. The molecule has 21 heavy (non-hydrogen) atoms. The first-order valence-corrected chi connectivity index (χ1v) is 6.47. The van der Waals surface area contributed by atoms with Crippen LogP contribution in [0.15, 0.2) is 42.7 Å². The van der Waals surface area contributed by atoms with Crippen LogP contribution in [0.4, 0.5) is 10.2 Å². The van der Waals surface area contributed by atoms with E-state index in [1.165, 1.54) is 12.1 Å². The van der Waals surface area contributed by atoms with E-state index >= 15 is 0 Å². The Kier molecular flexibility index (Phi) is 2.41. The Morgan fingerprint density at radius 3 is 3.05 bits per heavy atom. The summed E-state index contributed by atoms with van der Waals surface area (Å²) in [5.41, 5.74) is 2.88. The van der Waals surface area contributed by atoms with E-state index in [1.807, 2.05) is 6.07 Å². The summed E-state index contributed by atoms with van der Waals surface area (Å²) >= 11 is 0. The summed E-state index contributed by atoms with van der Waals surface area (Å²) in [6.45, 7) is 0. The number of pyridine rings is 1. The lowest BCUT2D eigenvalue weighted by atomic mass is 10.1. The molecule has 0 spiro atoms. The van der Waals surface area contributed by atoms with Crippen LogP contribution >= 0.6 is 0 Å². The molecule has 0 atom stereocenters. The summed E-state index contributed by atoms with van der Waals surface area (Å²) in [6, 6.07) is 8.17. The lowest BCUT2D eigenvalue weighted by molar-refractivity contribution is -0.110. The van der Waals surface area contributed by atoms with Crippen molar-refractivity contribution in [3.63, 3.8) is 0 Å². The number of H-pyrrole nitrogens is 1. The van der Waals surface area contributed by atoms with Gasteiger partial charge in [0.2, 0.25) is 0 Å². The van der Waals surface area contributed by atoms with Crippen LogP contribution in [-0.2, 0) is 4.79 Å². The third-order valence-corrected chi connectivity index (χ3v) is 3.55. The van der Waals surface area contributed by atoms with Gasteiger partial charge in [0.1, 0.15) is 11.6 Å². The molecule has 4 nitrogen and oxygen atoms in total. The van der Waals surface area contributed by atoms with Gasteiger partial charge in [-0.2, -0.15) is 0 Å². The molecule has 0 aliphatic carbocycles. The molecule has 1 aromatic carbocycles. The van der Waals surface area contributed by atoms with Crippen LogP contribution in [0.2, 0.25) is 0 Å². The summed E-state index contributed by atoms with van der Waals surface area (Å²) in [4.78, 5) is 19.2. The number of nitrogens with one attached hydrogen (secondary N) is 2. The first kappa shape index (κ1) is 11.8. The van der Waals surface area contributed by atoms with Crippen molar-refractivity contribution in [3.8, 4) is 0 Å². The fourth-order valence-corrected chi connectivity index (χ4v) is 2.56. The van der Waals surface area contributed by atoms with E-state index in [9.17, 15) is 9.18 Å². The predicted molar refractivity (Wildman–Crippen MR) is 79.0 cm³/mol. The van der Waals surface area contributed by atoms with Gasteiger partial charge in [-0.05, 0) is 36.4 Å². The molecule has 0 saturated carbocycles. The Morgan fingerprint density at radius 2 is 2.14 bits per heavy atom. The normalized spacial score (nSPS) is 15.5. The topological polar surface area (TPSA) is 57.8 Å². The number of rotatable bonds is 1. The highest BCUT2D eigenvalue weighted by molar-refractivity contribution is 6.34. The molecular weight excluding hydrogens is 269 g/mol. The van der Waals surface area contributed by atoms with Crippen LogP contribution < -0.4 is 5.32 Å². The van der Waals surface area contributed by atoms with E-state index in [-0.39, 0.29) is 11.7 Å². The smallest absolute Gasteiger partial charge is 0.257 e. The minimum atomic E-state index is -0.295. The van der Waals surface area contributed by atoms with E-state index in [0.717, 1.165) is 16.5 Å². The Morgan fingerprint density at radius 1 is 1.24 bits per heavy atom. The van der Waals surface area contributed by atoms with Crippen molar-refractivity contribution in [2.24, 2.45) is 0 Å². The van der Waals surface area contributed by atoms with Gasteiger partial charge in [0.05, 0.1) is 5.57 Å². The Labute approximate surface area is 119 Å². The van der Waals surface area contributed by atoms with Gasteiger partial charge < -0.3 is 10.3 Å². The van der Waals surface area contributed by atoms with Gasteiger partial charge in [0.25, 0.3) is 5.91 Å². The van der Waals surface area contributed by atoms with Gasteiger partial charge in [0, 0.05) is 34.4 Å². The number of hydrogen-bond acceptors (Lipinski definition) is 2. The van der Waals surface area contributed by atoms with Gasteiger partial charge in [-0.1, -0.05) is 0 Å². The van der Waals surface area contributed by atoms with E-state index < -0.39 is 0 Å². The average molecular weight is 279 g/mol. The van der Waals surface area contributed by atoms with Crippen LogP contribution in [0, 0.1) is 5.82 Å². The zero-order chi connectivity index (χ0) is 14.4. The van der Waals surface area contributed by atoms with Crippen LogP contribution in [-0.4, -0.2) is 15.9 Å². The van der Waals surface area contributed by atoms with Gasteiger partial charge in [0.15, 0.2) is 0 Å². The fourth-order valence-electron chi connectivity index (χ4n) is 2.56. The standard InChI is InChI=1S/C16H10FN3O/c17-10-3-4-11-9(8-19-14(11)7-10)6-13-12-2-1-5-18-15(12)20-16(13)21/h1-8,19H,(H,18,20,21)/b13-6-. The highest BCUT2D eigenvalue weighted by Gasteiger charge is 2.24. The van der Waals surface area contributed by atoms with E-state index in [1.54, 1.807) is 30.6 Å². The molecule has 0 radical (unpaired) electrons. The molecule has 0 fully saturated rings. The summed E-state index contributed by atoms with van der Waals surface area (Å²) in [5.74, 6) is 0.0940. The third kappa shape index (κ3) is 1.82. The molecule has 2 N–H and O–H groups in total. The quantitative estimate of drug-likeness (QED) is 0.672. The van der Waals surface area contributed by atoms with Crippen molar-refractivity contribution in [2.75, 3.05) is 5.32 Å². The summed E-state index contributed by atoms with van der Waals surface area (Å²) in [6.07, 6.45) is 5.19. The molecule has 0 bridgehead atoms. The number of fused-ring (bicyclic) bond motifs is 2. The first-order valence-electron chi connectivity index (χ1n) is 6.47. The van der Waals surface area contributed by atoms with Crippen LogP contribution in [0.5, 0.6) is 0 Å². The molecule has 4 rings (SSSR count). The molecule has 0 saturated heterocycles. The van der Waals surface area contributed by atoms with Crippen molar-refractivity contribution in [2.45, 2.75) is 0 Å². The van der Waals surface area contributed by atoms with Crippen LogP contribution in [0.1, 0.15) is 11.1 Å². The van der Waals surface area contributed by atoms with E-state index in [4.69, 9.17) is 0 Å². The molecule has 1 amide bonds. The third-order valence-electron chi connectivity index (χ3n) is 3.55. The number of hydrogen-bond donors (Lipinski definition) is 2. The molecular formula is C16H10FN3O. The Bertz CT molecular complexity index is 911. The highest BCUT2D eigenvalue weighted by atomic mass is 19.1. The van der Waals surface area contributed by atoms with Gasteiger partial charge in [-0.15, -0.1) is 0 Å². The monoisotopic (exact) mass is 279 g/mol. The fraction of sp³-hybridized carbons (Fsp3) is 0. The molecule has 5 heteroatoms. The minimum Gasteiger partial charge on any atom is -0.360 e. The predicted octanol–water partition coefficient (Wildman–Crippen LogP) is 3.19. The lowest BCUT2D eigenvalue weighted by Gasteiger charge is -1.97. The molecule has 0 unspecified atom stereocenters. The summed E-state index contributed by atoms with van der Waals surface area (Å²) < 4.78 is 13.2. The van der Waals surface area contributed by atoms with Crippen molar-refractivity contribution in [1.82, 2.24) is 9.97 Å². The largest absolute Gasteiger partial charge is 0.360 e. The number of aromatic amines is 1. The van der Waals surface area contributed by atoms with Crippen molar-refractivity contribution in [3.05, 3.63) is 59.7 Å². The summed E-state index contributed by atoms with van der Waals surface area (Å²) in [5, 5.41) is 3.60. The number of anilines is 1. The van der Waals surface area contributed by atoms with Gasteiger partial charge >= 0.3 is 0 Å². The van der Waals surface area contributed by atoms with Crippen molar-refractivity contribution >= 4 is 34.3 Å². The number of carbonyl (C=O) groups excluding carboxylic acids is 1. The molecule has 102 valence electrons.